The number of fused-ring (bicyclic) bond motifs is 1. The molecule has 0 saturated heterocycles. The van der Waals surface area contributed by atoms with Crippen LogP contribution in [0.15, 0.2) is 22.2 Å². The van der Waals surface area contributed by atoms with Crippen molar-refractivity contribution in [1.82, 2.24) is 0 Å². The number of alkyl halides is 3. The van der Waals surface area contributed by atoms with E-state index in [4.69, 9.17) is 9.47 Å². The smallest absolute Gasteiger partial charge is 0.475 e. The van der Waals surface area contributed by atoms with Gasteiger partial charge in [-0.3, -0.25) is 0 Å². The Kier molecular flexibility index (Phi) is 7.49. The highest BCUT2D eigenvalue weighted by Crippen LogP contribution is 2.40. The van der Waals surface area contributed by atoms with E-state index >= 15 is 0 Å². The highest BCUT2D eigenvalue weighted by Gasteiger charge is 2.49. The van der Waals surface area contributed by atoms with Crippen LogP contribution in [0.25, 0.3) is 6.08 Å². The van der Waals surface area contributed by atoms with Crippen molar-refractivity contribution >= 4 is 34.1 Å². The molecule has 12 heteroatoms. The van der Waals surface area contributed by atoms with Crippen LogP contribution in [-0.2, 0) is 23.8 Å². The monoisotopic (exact) mass is 484 g/mol. The minimum absolute atomic E-state index is 0.000754. The molecule has 1 aromatic rings. The van der Waals surface area contributed by atoms with Crippen LogP contribution >= 0.6 is 15.9 Å². The molecule has 0 spiro atoms. The van der Waals surface area contributed by atoms with E-state index in [0.717, 1.165) is 6.08 Å². The van der Waals surface area contributed by atoms with E-state index in [2.05, 4.69) is 36.1 Å². The first kappa shape index (κ1) is 23.0. The molecule has 0 aliphatic carbocycles. The Bertz CT molecular complexity index is 813. The first-order chi connectivity index (χ1) is 13.5. The quantitative estimate of drug-likeness (QED) is 0.375. The molecule has 1 heterocycles. The molecule has 0 saturated carbocycles. The van der Waals surface area contributed by atoms with Gasteiger partial charge in [0.25, 0.3) is 0 Å². The van der Waals surface area contributed by atoms with Crippen molar-refractivity contribution in [2.75, 3.05) is 13.4 Å². The summed E-state index contributed by atoms with van der Waals surface area (Å²) < 4.78 is 59.8. The first-order valence-corrected chi connectivity index (χ1v) is 8.94. The van der Waals surface area contributed by atoms with Crippen molar-refractivity contribution < 1.29 is 52.4 Å². The summed E-state index contributed by atoms with van der Waals surface area (Å²) in [7, 11) is 0. The summed E-state index contributed by atoms with van der Waals surface area (Å²) in [4.78, 5) is 28.1. The van der Waals surface area contributed by atoms with Crippen LogP contribution in [0.5, 0.6) is 5.75 Å². The summed E-state index contributed by atoms with van der Waals surface area (Å²) in [6, 6.07) is 3.09. The molecule has 2 unspecified atom stereocenters. The number of esters is 1. The largest absolute Gasteiger partial charge is 0.511 e. The minimum atomic E-state index is -4.87. The van der Waals surface area contributed by atoms with Crippen LogP contribution < -0.4 is 10.6 Å². The molecule has 1 aromatic carbocycles. The van der Waals surface area contributed by atoms with Gasteiger partial charge >= 0.3 is 18.3 Å². The summed E-state index contributed by atoms with van der Waals surface area (Å²) in [5.41, 5.74) is -0.0521. The van der Waals surface area contributed by atoms with E-state index in [-0.39, 0.29) is 17.9 Å². The lowest BCUT2D eigenvalue weighted by atomic mass is 9.99. The fourth-order valence-corrected chi connectivity index (χ4v) is 3.06. The normalized spacial score (nSPS) is 16.8. The summed E-state index contributed by atoms with van der Waals surface area (Å²) in [6.45, 7) is 2.13. The fourth-order valence-electron chi connectivity index (χ4n) is 2.47. The number of ether oxygens (including phenoxy) is 4. The van der Waals surface area contributed by atoms with E-state index in [9.17, 15) is 22.8 Å². The van der Waals surface area contributed by atoms with E-state index < -0.39 is 42.9 Å². The summed E-state index contributed by atoms with van der Waals surface area (Å²) in [5.74, 6) is 1.77. The van der Waals surface area contributed by atoms with Crippen molar-refractivity contribution in [3.8, 4) is 5.75 Å². The molecule has 0 radical (unpaired) electrons. The molecule has 3 N–H and O–H groups in total. The zero-order valence-electron chi connectivity index (χ0n) is 15.4. The zero-order valence-corrected chi connectivity index (χ0v) is 17.0. The van der Waals surface area contributed by atoms with Crippen LogP contribution in [0.4, 0.5) is 18.0 Å². The molecule has 29 heavy (non-hydrogen) atoms. The van der Waals surface area contributed by atoms with Gasteiger partial charge < -0.3 is 18.9 Å². The third kappa shape index (κ3) is 6.08. The van der Waals surface area contributed by atoms with Gasteiger partial charge in [-0.15, -0.1) is 0 Å². The van der Waals surface area contributed by atoms with Gasteiger partial charge in [-0.1, -0.05) is 15.9 Å². The van der Waals surface area contributed by atoms with Crippen LogP contribution in [-0.4, -0.2) is 43.9 Å². The van der Waals surface area contributed by atoms with Crippen LogP contribution in [0, 0.1) is 6.92 Å². The highest BCUT2D eigenvalue weighted by molar-refractivity contribution is 9.10. The topological polar surface area (TPSA) is 108 Å². The Balaban J connectivity index is 2.11. The van der Waals surface area contributed by atoms with Crippen molar-refractivity contribution in [3.05, 3.63) is 33.3 Å². The summed E-state index contributed by atoms with van der Waals surface area (Å²) in [5, 5.41) is 0. The molecular formula is C17H18BrF3NO7+. The van der Waals surface area contributed by atoms with Crippen molar-refractivity contribution in [1.29, 1.82) is 0 Å². The predicted octanol–water partition coefficient (Wildman–Crippen LogP) is 2.68. The van der Waals surface area contributed by atoms with Gasteiger partial charge in [0.15, 0.2) is 0 Å². The van der Waals surface area contributed by atoms with Crippen LogP contribution in [0.1, 0.15) is 18.1 Å². The molecule has 1 aliphatic rings. The number of benzene rings is 1. The SMILES string of the molecule is Cc1cc(Br)cc2c1OC(C(F)(F)F)C(C(=O)OCOC(=O)OC(C)CO[NH3+])=C2. The Hall–Kier alpha value is -2.31. The number of quaternary nitrogens is 1. The van der Waals surface area contributed by atoms with Gasteiger partial charge in [-0.25, -0.2) is 20.3 Å². The molecule has 2 atom stereocenters. The van der Waals surface area contributed by atoms with E-state index in [1.807, 2.05) is 0 Å². The van der Waals surface area contributed by atoms with Gasteiger partial charge in [-0.2, -0.15) is 13.2 Å². The molecule has 0 fully saturated rings. The molecule has 8 nitrogen and oxygen atoms in total. The van der Waals surface area contributed by atoms with E-state index in [0.29, 0.717) is 10.0 Å². The second kappa shape index (κ2) is 9.46. The average Bonchev–Trinajstić information content (AvgIpc) is 2.59. The lowest BCUT2D eigenvalue weighted by Crippen LogP contribution is -2.51. The molecule has 1 aliphatic heterocycles. The number of carbonyl (C=O) groups is 2. The van der Waals surface area contributed by atoms with Gasteiger partial charge in [0.2, 0.25) is 12.9 Å². The molecule has 0 amide bonds. The maximum Gasteiger partial charge on any atom is 0.511 e. The van der Waals surface area contributed by atoms with Crippen LogP contribution in [0.3, 0.4) is 0 Å². The molecule has 0 aromatic heterocycles. The standard InChI is InChI=1S/C17H18BrF3NO7/c1-8-3-11(18)4-10-5-12(14(17(19,20)21)29-13(8)10)15(23)25-7-26-16(24)28-9(2)6-27-22/h3-5,9,14H,6-7H2,1-2,22H3/q+1. The maximum atomic E-state index is 13.4. The molecule has 0 bridgehead atoms. The van der Waals surface area contributed by atoms with Gasteiger partial charge in [0.1, 0.15) is 18.5 Å². The number of aryl methyl sites for hydroxylation is 1. The average molecular weight is 485 g/mol. The minimum Gasteiger partial charge on any atom is -0.475 e. The van der Waals surface area contributed by atoms with Gasteiger partial charge in [0, 0.05) is 10.0 Å². The highest BCUT2D eigenvalue weighted by atomic mass is 79.9. The zero-order chi connectivity index (χ0) is 21.8. The third-order valence-corrected chi connectivity index (χ3v) is 4.10. The number of carbonyl (C=O) groups excluding carboxylic acids is 2. The number of halogens is 4. The second-order valence-electron chi connectivity index (χ2n) is 6.02. The summed E-state index contributed by atoms with van der Waals surface area (Å²) in [6.07, 6.45) is -8.23. The van der Waals surface area contributed by atoms with Gasteiger partial charge in [0.05, 0.1) is 5.57 Å². The van der Waals surface area contributed by atoms with Crippen LogP contribution in [0.2, 0.25) is 0 Å². The number of rotatable bonds is 6. The van der Waals surface area contributed by atoms with Crippen molar-refractivity contribution in [2.24, 2.45) is 0 Å². The Labute approximate surface area is 171 Å². The predicted molar refractivity (Wildman–Crippen MR) is 94.2 cm³/mol. The molecular weight excluding hydrogens is 467 g/mol. The van der Waals surface area contributed by atoms with E-state index in [1.54, 1.807) is 13.0 Å². The fraction of sp³-hybridized carbons (Fsp3) is 0.412. The lowest BCUT2D eigenvalue weighted by Gasteiger charge is -2.28. The van der Waals surface area contributed by atoms with Crippen molar-refractivity contribution in [2.45, 2.75) is 32.2 Å². The number of hydrogen-bond donors (Lipinski definition) is 1. The van der Waals surface area contributed by atoms with E-state index in [1.165, 1.54) is 13.0 Å². The Morgan fingerprint density at radius 1 is 1.31 bits per heavy atom. The molecule has 2 rings (SSSR count). The lowest BCUT2D eigenvalue weighted by molar-refractivity contribution is -0.691. The summed E-state index contributed by atoms with van der Waals surface area (Å²) >= 11 is 3.23. The molecule has 160 valence electrons. The van der Waals surface area contributed by atoms with Gasteiger partial charge in [-0.05, 0) is 37.6 Å². The second-order valence-corrected chi connectivity index (χ2v) is 6.94. The number of hydrogen-bond acceptors (Lipinski definition) is 7. The maximum absolute atomic E-state index is 13.4. The third-order valence-electron chi connectivity index (χ3n) is 3.65. The Morgan fingerprint density at radius 3 is 2.62 bits per heavy atom. The first-order valence-electron chi connectivity index (χ1n) is 8.15. The van der Waals surface area contributed by atoms with Crippen molar-refractivity contribution in [3.63, 3.8) is 0 Å². The Morgan fingerprint density at radius 2 is 2.00 bits per heavy atom.